The van der Waals surface area contributed by atoms with E-state index in [4.69, 9.17) is 11.6 Å². The topological polar surface area (TPSA) is 75.3 Å². The summed E-state index contributed by atoms with van der Waals surface area (Å²) in [5.74, 6) is -0.309. The molecule has 7 heteroatoms. The van der Waals surface area contributed by atoms with Crippen LogP contribution < -0.4 is 10.0 Å². The summed E-state index contributed by atoms with van der Waals surface area (Å²) in [5, 5.41) is 3.15. The fourth-order valence-corrected chi connectivity index (χ4v) is 3.92. The minimum absolute atomic E-state index is 0.0377. The van der Waals surface area contributed by atoms with Crippen LogP contribution >= 0.6 is 11.6 Å². The molecule has 0 aliphatic rings. The fourth-order valence-electron chi connectivity index (χ4n) is 2.60. The Kier molecular flexibility index (Phi) is 5.72. The van der Waals surface area contributed by atoms with Gasteiger partial charge < -0.3 is 5.32 Å². The Morgan fingerprint density at radius 3 is 2.25 bits per heavy atom. The Bertz CT molecular complexity index is 1130. The van der Waals surface area contributed by atoms with Crippen LogP contribution in [0.4, 0.5) is 11.4 Å². The van der Waals surface area contributed by atoms with Crippen LogP contribution in [0, 0.1) is 13.8 Å². The van der Waals surface area contributed by atoms with Crippen LogP contribution in [0.25, 0.3) is 0 Å². The lowest BCUT2D eigenvalue weighted by atomic mass is 10.1. The fraction of sp³-hybridized carbons (Fsp3) is 0.0952. The van der Waals surface area contributed by atoms with Gasteiger partial charge in [-0.1, -0.05) is 35.9 Å². The molecule has 28 heavy (non-hydrogen) atoms. The van der Waals surface area contributed by atoms with Gasteiger partial charge in [-0.15, -0.1) is 0 Å². The van der Waals surface area contributed by atoms with Crippen molar-refractivity contribution in [2.24, 2.45) is 0 Å². The number of amides is 1. The van der Waals surface area contributed by atoms with Crippen molar-refractivity contribution in [2.75, 3.05) is 10.0 Å². The van der Waals surface area contributed by atoms with E-state index in [-0.39, 0.29) is 10.8 Å². The predicted molar refractivity (Wildman–Crippen MR) is 113 cm³/mol. The van der Waals surface area contributed by atoms with Crippen molar-refractivity contribution < 1.29 is 13.2 Å². The highest BCUT2D eigenvalue weighted by atomic mass is 35.5. The average Bonchev–Trinajstić information content (AvgIpc) is 2.66. The molecule has 0 bridgehead atoms. The second-order valence-electron chi connectivity index (χ2n) is 6.38. The number of sulfonamides is 1. The van der Waals surface area contributed by atoms with Crippen molar-refractivity contribution in [3.8, 4) is 0 Å². The van der Waals surface area contributed by atoms with Gasteiger partial charge in [-0.05, 0) is 67.4 Å². The molecular formula is C21H19ClN2O3S. The zero-order chi connectivity index (χ0) is 20.3. The SMILES string of the molecule is Cc1ccc(C)c(NC(=O)c2ccc(S(=O)(=O)Nc3ccccc3Cl)cc2)c1. The smallest absolute Gasteiger partial charge is 0.261 e. The maximum absolute atomic E-state index is 12.5. The third kappa shape index (κ3) is 4.52. The van der Waals surface area contributed by atoms with Gasteiger partial charge in [-0.25, -0.2) is 8.42 Å². The van der Waals surface area contributed by atoms with Crippen molar-refractivity contribution in [1.82, 2.24) is 0 Å². The van der Waals surface area contributed by atoms with Crippen LogP contribution in [-0.4, -0.2) is 14.3 Å². The van der Waals surface area contributed by atoms with E-state index in [1.807, 2.05) is 32.0 Å². The summed E-state index contributed by atoms with van der Waals surface area (Å²) in [6.07, 6.45) is 0. The van der Waals surface area contributed by atoms with E-state index in [9.17, 15) is 13.2 Å². The quantitative estimate of drug-likeness (QED) is 0.616. The molecule has 3 aromatic rings. The number of carbonyl (C=O) groups excluding carboxylic acids is 1. The Balaban J connectivity index is 1.78. The molecule has 0 aliphatic heterocycles. The molecule has 0 radical (unpaired) electrons. The molecule has 144 valence electrons. The number of anilines is 2. The summed E-state index contributed by atoms with van der Waals surface area (Å²) < 4.78 is 27.5. The lowest BCUT2D eigenvalue weighted by molar-refractivity contribution is 0.102. The molecule has 5 nitrogen and oxygen atoms in total. The summed E-state index contributed by atoms with van der Waals surface area (Å²) in [6.45, 7) is 3.85. The molecule has 0 aromatic heterocycles. The number of hydrogen-bond donors (Lipinski definition) is 2. The minimum Gasteiger partial charge on any atom is -0.322 e. The lowest BCUT2D eigenvalue weighted by Crippen LogP contribution is -2.15. The first-order valence-electron chi connectivity index (χ1n) is 8.52. The molecule has 0 unspecified atom stereocenters. The molecule has 0 atom stereocenters. The van der Waals surface area contributed by atoms with Crippen molar-refractivity contribution in [1.29, 1.82) is 0 Å². The molecule has 0 saturated carbocycles. The van der Waals surface area contributed by atoms with Gasteiger partial charge >= 0.3 is 0 Å². The standard InChI is InChI=1S/C21H19ClN2O3S/c1-14-7-8-15(2)20(13-14)23-21(25)16-9-11-17(12-10-16)28(26,27)24-19-6-4-3-5-18(19)22/h3-13,24H,1-2H3,(H,23,25). The van der Waals surface area contributed by atoms with E-state index in [0.29, 0.717) is 16.3 Å². The molecule has 2 N–H and O–H groups in total. The summed E-state index contributed by atoms with van der Waals surface area (Å²) in [5.41, 5.74) is 3.36. The first-order chi connectivity index (χ1) is 13.3. The van der Waals surface area contributed by atoms with E-state index in [2.05, 4.69) is 10.0 Å². The van der Waals surface area contributed by atoms with Gasteiger partial charge in [0.2, 0.25) is 0 Å². The van der Waals surface area contributed by atoms with E-state index < -0.39 is 10.0 Å². The van der Waals surface area contributed by atoms with Crippen molar-refractivity contribution in [3.05, 3.63) is 88.4 Å². The lowest BCUT2D eigenvalue weighted by Gasteiger charge is -2.11. The highest BCUT2D eigenvalue weighted by molar-refractivity contribution is 7.92. The highest BCUT2D eigenvalue weighted by Gasteiger charge is 2.16. The first-order valence-corrected chi connectivity index (χ1v) is 10.4. The normalized spacial score (nSPS) is 11.1. The first kappa shape index (κ1) is 19.9. The van der Waals surface area contributed by atoms with Gasteiger partial charge in [0.15, 0.2) is 0 Å². The second-order valence-corrected chi connectivity index (χ2v) is 8.47. The summed E-state index contributed by atoms with van der Waals surface area (Å²) >= 11 is 6.01. The third-order valence-electron chi connectivity index (χ3n) is 4.19. The molecule has 0 aliphatic carbocycles. The van der Waals surface area contributed by atoms with Gasteiger partial charge in [-0.2, -0.15) is 0 Å². The number of rotatable bonds is 5. The second kappa shape index (κ2) is 8.04. The van der Waals surface area contributed by atoms with E-state index in [1.165, 1.54) is 24.3 Å². The van der Waals surface area contributed by atoms with Crippen LogP contribution in [0.5, 0.6) is 0 Å². The van der Waals surface area contributed by atoms with Crippen LogP contribution in [0.1, 0.15) is 21.5 Å². The Labute approximate surface area is 169 Å². The van der Waals surface area contributed by atoms with Gasteiger partial charge in [0, 0.05) is 11.3 Å². The number of benzene rings is 3. The van der Waals surface area contributed by atoms with E-state index in [0.717, 1.165) is 16.8 Å². The van der Waals surface area contributed by atoms with Crippen molar-refractivity contribution >= 4 is 38.9 Å². The average molecular weight is 415 g/mol. The number of aryl methyl sites for hydroxylation is 2. The minimum atomic E-state index is -3.82. The molecule has 0 saturated heterocycles. The number of nitrogens with one attached hydrogen (secondary N) is 2. The molecular weight excluding hydrogens is 396 g/mol. The monoisotopic (exact) mass is 414 g/mol. The van der Waals surface area contributed by atoms with Crippen LogP contribution in [0.2, 0.25) is 5.02 Å². The summed E-state index contributed by atoms with van der Waals surface area (Å²) in [4.78, 5) is 12.5. The summed E-state index contributed by atoms with van der Waals surface area (Å²) in [6, 6.07) is 18.1. The summed E-state index contributed by atoms with van der Waals surface area (Å²) in [7, 11) is -3.82. The van der Waals surface area contributed by atoms with Gasteiger partial charge in [-0.3, -0.25) is 9.52 Å². The predicted octanol–water partition coefficient (Wildman–Crippen LogP) is 5.01. The maximum Gasteiger partial charge on any atom is 0.261 e. The molecule has 1 amide bonds. The van der Waals surface area contributed by atoms with Crippen molar-refractivity contribution in [2.45, 2.75) is 18.7 Å². The Hall–Kier alpha value is -2.83. The number of halogens is 1. The van der Waals surface area contributed by atoms with Crippen LogP contribution in [0.3, 0.4) is 0 Å². The highest BCUT2D eigenvalue weighted by Crippen LogP contribution is 2.24. The third-order valence-corrected chi connectivity index (χ3v) is 5.90. The van der Waals surface area contributed by atoms with Gasteiger partial charge in [0.05, 0.1) is 15.6 Å². The van der Waals surface area contributed by atoms with Crippen molar-refractivity contribution in [3.63, 3.8) is 0 Å². The Morgan fingerprint density at radius 1 is 0.893 bits per heavy atom. The van der Waals surface area contributed by atoms with E-state index >= 15 is 0 Å². The zero-order valence-corrected chi connectivity index (χ0v) is 16.9. The molecule has 3 aromatic carbocycles. The molecule has 0 fully saturated rings. The largest absolute Gasteiger partial charge is 0.322 e. The number of para-hydroxylation sites is 1. The van der Waals surface area contributed by atoms with Crippen LogP contribution in [0.15, 0.2) is 71.6 Å². The number of hydrogen-bond acceptors (Lipinski definition) is 3. The molecule has 3 rings (SSSR count). The Morgan fingerprint density at radius 2 is 1.57 bits per heavy atom. The number of carbonyl (C=O) groups is 1. The van der Waals surface area contributed by atoms with Crippen LogP contribution in [-0.2, 0) is 10.0 Å². The van der Waals surface area contributed by atoms with Gasteiger partial charge in [0.1, 0.15) is 0 Å². The van der Waals surface area contributed by atoms with Gasteiger partial charge in [0.25, 0.3) is 15.9 Å². The molecule has 0 spiro atoms. The molecule has 0 heterocycles. The zero-order valence-electron chi connectivity index (χ0n) is 15.4. The maximum atomic E-state index is 12.5. The van der Waals surface area contributed by atoms with E-state index in [1.54, 1.807) is 24.3 Å².